The van der Waals surface area contributed by atoms with Crippen molar-refractivity contribution in [2.24, 2.45) is 22.2 Å². The first-order valence-electron chi connectivity index (χ1n) is 12.9. The van der Waals surface area contributed by atoms with E-state index in [2.05, 4.69) is 17.6 Å². The van der Waals surface area contributed by atoms with Crippen molar-refractivity contribution in [3.05, 3.63) is 34.8 Å². The zero-order valence-electron chi connectivity index (χ0n) is 22.3. The lowest BCUT2D eigenvalue weighted by Crippen LogP contribution is -2.57. The fourth-order valence-corrected chi connectivity index (χ4v) is 7.41. The van der Waals surface area contributed by atoms with Gasteiger partial charge in [-0.25, -0.2) is 4.98 Å². The molecule has 0 saturated heterocycles. The van der Waals surface area contributed by atoms with Crippen molar-refractivity contribution in [2.45, 2.75) is 78.7 Å². The Morgan fingerprint density at radius 3 is 2.57 bits per heavy atom. The first-order valence-corrected chi connectivity index (χ1v) is 13.7. The van der Waals surface area contributed by atoms with Gasteiger partial charge in [-0.2, -0.15) is 0 Å². The number of hydrogen-bond acceptors (Lipinski definition) is 7. The minimum atomic E-state index is -0.718. The molecule has 1 aromatic heterocycles. The number of aliphatic hydroxyl groups excluding tert-OH is 2. The molecule has 2 aliphatic rings. The molecule has 202 valence electrons. The molecule has 2 amide bonds. The topological polar surface area (TPSA) is 132 Å². The summed E-state index contributed by atoms with van der Waals surface area (Å²) in [5, 5.41) is 37.5. The maximum absolute atomic E-state index is 13.3. The molecule has 5 N–H and O–H groups in total. The highest BCUT2D eigenvalue weighted by Crippen LogP contribution is 2.62. The number of aliphatic hydroxyl groups is 2. The average molecular weight is 530 g/mol. The van der Waals surface area contributed by atoms with E-state index in [0.29, 0.717) is 36.5 Å². The standard InChI is InChI=1S/C28H39N3O5S/c1-26(2,3)14-23(36)30-25-31-24-18(12-22(35)29-16-7-6-8-17(33)11-16)27(4)10-9-21(34)28(5,15-32)20(27)13-19(24)37-25/h6-8,11,18,20-21,32-34H,9-10,12-15H2,1-5H3,(H,29,35)(H,30,31,36)/t18-,20+,21-,27+,28+/m1/s1. The summed E-state index contributed by atoms with van der Waals surface area (Å²) in [5.41, 5.74) is 0.0628. The Morgan fingerprint density at radius 1 is 1.19 bits per heavy atom. The van der Waals surface area contributed by atoms with Gasteiger partial charge in [0.25, 0.3) is 0 Å². The minimum absolute atomic E-state index is 0.0694. The van der Waals surface area contributed by atoms with Gasteiger partial charge in [-0.1, -0.05) is 40.7 Å². The number of nitrogens with zero attached hydrogens (tertiary/aromatic N) is 1. The van der Waals surface area contributed by atoms with Crippen LogP contribution in [0.1, 0.15) is 76.8 Å². The Morgan fingerprint density at radius 2 is 1.92 bits per heavy atom. The largest absolute Gasteiger partial charge is 0.508 e. The van der Waals surface area contributed by atoms with Crippen LogP contribution in [-0.2, 0) is 16.0 Å². The number of benzene rings is 1. The van der Waals surface area contributed by atoms with E-state index in [1.807, 2.05) is 27.7 Å². The van der Waals surface area contributed by atoms with Crippen molar-refractivity contribution >= 4 is 34.0 Å². The summed E-state index contributed by atoms with van der Waals surface area (Å²) in [5.74, 6) is -0.567. The Kier molecular flexibility index (Phi) is 7.44. The quantitative estimate of drug-likeness (QED) is 0.370. The van der Waals surface area contributed by atoms with E-state index in [-0.39, 0.29) is 53.3 Å². The normalized spacial score (nSPS) is 29.2. The van der Waals surface area contributed by atoms with Crippen LogP contribution in [0, 0.1) is 22.2 Å². The molecule has 1 aromatic carbocycles. The molecular formula is C28H39N3O5S. The molecule has 8 nitrogen and oxygen atoms in total. The van der Waals surface area contributed by atoms with Crippen molar-refractivity contribution in [3.8, 4) is 5.75 Å². The zero-order valence-corrected chi connectivity index (χ0v) is 23.1. The van der Waals surface area contributed by atoms with Crippen LogP contribution < -0.4 is 10.6 Å². The van der Waals surface area contributed by atoms with Gasteiger partial charge < -0.3 is 26.0 Å². The van der Waals surface area contributed by atoms with Gasteiger partial charge in [0.1, 0.15) is 5.75 Å². The first-order chi connectivity index (χ1) is 17.2. The Bertz CT molecular complexity index is 1170. The van der Waals surface area contributed by atoms with Gasteiger partial charge in [0.2, 0.25) is 11.8 Å². The third-order valence-electron chi connectivity index (χ3n) is 8.35. The lowest BCUT2D eigenvalue weighted by molar-refractivity contribution is -0.143. The molecule has 2 aromatic rings. The number of aromatic nitrogens is 1. The zero-order chi connectivity index (χ0) is 27.2. The van der Waals surface area contributed by atoms with E-state index < -0.39 is 11.5 Å². The molecule has 1 saturated carbocycles. The third kappa shape index (κ3) is 5.54. The molecule has 0 radical (unpaired) electrons. The van der Waals surface area contributed by atoms with E-state index in [0.717, 1.165) is 10.6 Å². The maximum Gasteiger partial charge on any atom is 0.226 e. The number of phenolic OH excluding ortho intramolecular Hbond substituents is 1. The summed E-state index contributed by atoms with van der Waals surface area (Å²) in [7, 11) is 0. The number of rotatable bonds is 6. The van der Waals surface area contributed by atoms with Crippen LogP contribution in [0.4, 0.5) is 10.8 Å². The summed E-state index contributed by atoms with van der Waals surface area (Å²) in [6.45, 7) is 9.94. The van der Waals surface area contributed by atoms with Gasteiger partial charge in [-0.05, 0) is 48.1 Å². The Balaban J connectivity index is 1.68. The lowest BCUT2D eigenvalue weighted by atomic mass is 9.47. The van der Waals surface area contributed by atoms with E-state index in [1.54, 1.807) is 18.2 Å². The van der Waals surface area contributed by atoms with Gasteiger partial charge in [0, 0.05) is 40.8 Å². The molecule has 5 atom stereocenters. The van der Waals surface area contributed by atoms with Crippen molar-refractivity contribution in [1.29, 1.82) is 0 Å². The maximum atomic E-state index is 13.3. The number of amides is 2. The SMILES string of the molecule is CC(C)(C)CC(=O)Nc1nc2c(s1)C[C@@H]1[C@](C)(CO)[C@H](O)CC[C@@]1(C)[C@@H]2CC(=O)Nc1cccc(O)c1. The van der Waals surface area contributed by atoms with E-state index in [4.69, 9.17) is 4.98 Å². The molecule has 0 aliphatic heterocycles. The minimum Gasteiger partial charge on any atom is -0.508 e. The second-order valence-electron chi connectivity index (χ2n) is 12.4. The van der Waals surface area contributed by atoms with Crippen LogP contribution in [0.3, 0.4) is 0 Å². The van der Waals surface area contributed by atoms with Gasteiger partial charge in [0.15, 0.2) is 5.13 Å². The molecule has 0 bridgehead atoms. The Labute approximate surface area is 222 Å². The van der Waals surface area contributed by atoms with Crippen LogP contribution in [0.25, 0.3) is 0 Å². The van der Waals surface area contributed by atoms with Crippen LogP contribution >= 0.6 is 11.3 Å². The fourth-order valence-electron chi connectivity index (χ4n) is 6.33. The van der Waals surface area contributed by atoms with Crippen LogP contribution in [-0.4, -0.2) is 44.8 Å². The molecular weight excluding hydrogens is 490 g/mol. The average Bonchev–Trinajstić information content (AvgIpc) is 3.18. The summed E-state index contributed by atoms with van der Waals surface area (Å²) in [6.07, 6.45) is 1.73. The van der Waals surface area contributed by atoms with E-state index >= 15 is 0 Å². The highest BCUT2D eigenvalue weighted by molar-refractivity contribution is 7.15. The number of carbonyl (C=O) groups is 2. The van der Waals surface area contributed by atoms with E-state index in [1.165, 1.54) is 17.4 Å². The van der Waals surface area contributed by atoms with E-state index in [9.17, 15) is 24.9 Å². The molecule has 1 fully saturated rings. The van der Waals surface area contributed by atoms with Gasteiger partial charge >= 0.3 is 0 Å². The summed E-state index contributed by atoms with van der Waals surface area (Å²) in [4.78, 5) is 31.7. The predicted octanol–water partition coefficient (Wildman–Crippen LogP) is 4.67. The number of aromatic hydroxyl groups is 1. The van der Waals surface area contributed by atoms with Gasteiger partial charge in [-0.3, -0.25) is 9.59 Å². The number of anilines is 2. The van der Waals surface area contributed by atoms with Crippen LogP contribution in [0.15, 0.2) is 24.3 Å². The summed E-state index contributed by atoms with van der Waals surface area (Å²) < 4.78 is 0. The third-order valence-corrected chi connectivity index (χ3v) is 9.36. The number of carbonyl (C=O) groups excluding carboxylic acids is 2. The molecule has 4 rings (SSSR count). The first kappa shape index (κ1) is 27.5. The second kappa shape index (κ2) is 10.0. The van der Waals surface area contributed by atoms with Crippen molar-refractivity contribution in [1.82, 2.24) is 4.98 Å². The number of nitrogens with one attached hydrogen (secondary N) is 2. The molecule has 0 spiro atoms. The monoisotopic (exact) mass is 529 g/mol. The predicted molar refractivity (Wildman–Crippen MR) is 145 cm³/mol. The number of fused-ring (bicyclic) bond motifs is 2. The molecule has 2 aliphatic carbocycles. The number of thiazole rings is 1. The molecule has 0 unspecified atom stereocenters. The van der Waals surface area contributed by atoms with Crippen molar-refractivity contribution < 1.29 is 24.9 Å². The summed E-state index contributed by atoms with van der Waals surface area (Å²) in [6, 6.07) is 6.44. The molecule has 1 heterocycles. The van der Waals surface area contributed by atoms with Gasteiger partial charge in [0.05, 0.1) is 18.4 Å². The summed E-state index contributed by atoms with van der Waals surface area (Å²) >= 11 is 1.42. The van der Waals surface area contributed by atoms with Crippen molar-refractivity contribution in [2.75, 3.05) is 17.2 Å². The lowest BCUT2D eigenvalue weighted by Gasteiger charge is -2.58. The highest BCUT2D eigenvalue weighted by Gasteiger charge is 2.59. The fraction of sp³-hybridized carbons (Fsp3) is 0.607. The second-order valence-corrected chi connectivity index (χ2v) is 13.5. The van der Waals surface area contributed by atoms with Crippen LogP contribution in [0.2, 0.25) is 0 Å². The van der Waals surface area contributed by atoms with Crippen molar-refractivity contribution in [3.63, 3.8) is 0 Å². The molecule has 37 heavy (non-hydrogen) atoms. The molecule has 9 heteroatoms. The Hall–Kier alpha value is -2.49. The van der Waals surface area contributed by atoms with Gasteiger partial charge in [-0.15, -0.1) is 11.3 Å². The highest BCUT2D eigenvalue weighted by atomic mass is 32.1. The van der Waals surface area contributed by atoms with Crippen LogP contribution in [0.5, 0.6) is 5.75 Å². The number of phenols is 1. The number of hydrogen-bond donors (Lipinski definition) is 5. The smallest absolute Gasteiger partial charge is 0.226 e.